The minimum Gasteiger partial charge on any atom is -0.744 e. The van der Waals surface area contributed by atoms with Crippen molar-refractivity contribution < 1.29 is 79.8 Å². The minimum absolute atomic E-state index is 0. The van der Waals surface area contributed by atoms with Crippen LogP contribution in [-0.4, -0.2) is 38.9 Å². The van der Waals surface area contributed by atoms with E-state index in [0.29, 0.717) is 0 Å². The fraction of sp³-hybridized carbons (Fsp3) is 0. The maximum absolute atomic E-state index is 10.3. The monoisotopic (exact) mass is 613 g/mol. The molecule has 13 heteroatoms. The third-order valence-electron chi connectivity index (χ3n) is 3.10. The predicted octanol–water partition coefficient (Wildman–Crippen LogP) is 1.77. The van der Waals surface area contributed by atoms with Crippen LogP contribution in [-0.2, 0) is 30.4 Å². The van der Waals surface area contributed by atoms with Crippen LogP contribution >= 0.6 is 0 Å². The summed E-state index contributed by atoms with van der Waals surface area (Å²) in [4.78, 5) is -0.556. The molecule has 163 valence electrons. The van der Waals surface area contributed by atoms with E-state index in [0.717, 1.165) is 0 Å². The van der Waals surface area contributed by atoms with Crippen molar-refractivity contribution in [3.05, 3.63) is 91.0 Å². The molecule has 3 rings (SSSR count). The first-order valence-corrected chi connectivity index (χ1v) is 12.1. The van der Waals surface area contributed by atoms with E-state index in [1.807, 2.05) is 0 Å². The van der Waals surface area contributed by atoms with E-state index in [4.69, 9.17) is 0 Å². The maximum Gasteiger partial charge on any atom is 3.00 e. The third-order valence-corrected chi connectivity index (χ3v) is 5.64. The molecular weight excluding hydrogens is 601 g/mol. The van der Waals surface area contributed by atoms with Crippen LogP contribution in [0.1, 0.15) is 0 Å². The van der Waals surface area contributed by atoms with E-state index in [2.05, 4.69) is 0 Å². The number of hydrogen-bond donors (Lipinski definition) is 0. The molecule has 0 saturated carbocycles. The molecule has 3 aromatic rings. The molecule has 0 fully saturated rings. The van der Waals surface area contributed by atoms with Gasteiger partial charge in [-0.1, -0.05) is 54.6 Å². The van der Waals surface area contributed by atoms with E-state index in [1.165, 1.54) is 72.8 Å². The van der Waals surface area contributed by atoms with Gasteiger partial charge in [-0.2, -0.15) is 0 Å². The summed E-state index contributed by atoms with van der Waals surface area (Å²) in [5, 5.41) is 0. The van der Waals surface area contributed by atoms with E-state index in [9.17, 15) is 38.9 Å². The van der Waals surface area contributed by atoms with Crippen molar-refractivity contribution in [2.24, 2.45) is 0 Å². The van der Waals surface area contributed by atoms with Crippen LogP contribution in [0, 0.1) is 40.8 Å². The molecule has 0 aliphatic heterocycles. The summed E-state index contributed by atoms with van der Waals surface area (Å²) in [5.74, 6) is 0. The SMILES string of the molecule is O=S(=O)([O-])c1ccccc1.O=S(=O)([O-])c1ccccc1.O=S(=O)([O-])c1ccccc1.[Nd+3]. The Morgan fingerprint density at radius 3 is 0.645 bits per heavy atom. The van der Waals surface area contributed by atoms with Gasteiger partial charge in [-0.15, -0.1) is 0 Å². The van der Waals surface area contributed by atoms with Crippen molar-refractivity contribution in [3.8, 4) is 0 Å². The molecular formula is C18H15NdO9S3. The molecule has 0 atom stereocenters. The number of hydrogen-bond acceptors (Lipinski definition) is 9. The van der Waals surface area contributed by atoms with Crippen LogP contribution in [0.3, 0.4) is 0 Å². The Balaban J connectivity index is 0.000000429. The second-order valence-corrected chi connectivity index (χ2v) is 9.44. The third kappa shape index (κ3) is 12.4. The Labute approximate surface area is 213 Å². The van der Waals surface area contributed by atoms with Crippen LogP contribution in [0.15, 0.2) is 106 Å². The van der Waals surface area contributed by atoms with Gasteiger partial charge in [0.15, 0.2) is 0 Å². The molecule has 0 heterocycles. The van der Waals surface area contributed by atoms with Crippen molar-refractivity contribution in [1.82, 2.24) is 0 Å². The molecule has 0 saturated heterocycles. The summed E-state index contributed by atoms with van der Waals surface area (Å²) in [6, 6.07) is 21.6. The van der Waals surface area contributed by atoms with Gasteiger partial charge in [-0.3, -0.25) is 0 Å². The topological polar surface area (TPSA) is 172 Å². The summed E-state index contributed by atoms with van der Waals surface area (Å²) in [5.41, 5.74) is 0. The minimum atomic E-state index is -4.25. The van der Waals surface area contributed by atoms with Crippen LogP contribution in [0.4, 0.5) is 0 Å². The van der Waals surface area contributed by atoms with Crippen LogP contribution in [0.25, 0.3) is 0 Å². The molecule has 0 aromatic heterocycles. The molecule has 0 amide bonds. The average molecular weight is 616 g/mol. The quantitative estimate of drug-likeness (QED) is 0.398. The second-order valence-electron chi connectivity index (χ2n) is 5.30. The smallest absolute Gasteiger partial charge is 0.744 e. The number of rotatable bonds is 3. The molecule has 3 aromatic carbocycles. The summed E-state index contributed by atoms with van der Waals surface area (Å²) >= 11 is 0. The molecule has 0 aliphatic rings. The van der Waals surface area contributed by atoms with Gasteiger partial charge in [0.1, 0.15) is 30.4 Å². The Bertz CT molecular complexity index is 1070. The fourth-order valence-electron chi connectivity index (χ4n) is 1.76. The van der Waals surface area contributed by atoms with E-state index in [1.54, 1.807) is 18.2 Å². The largest absolute Gasteiger partial charge is 3.00 e. The van der Waals surface area contributed by atoms with Gasteiger partial charge in [0, 0.05) is 0 Å². The zero-order chi connectivity index (χ0) is 22.8. The molecule has 31 heavy (non-hydrogen) atoms. The van der Waals surface area contributed by atoms with Gasteiger partial charge >= 0.3 is 40.8 Å². The van der Waals surface area contributed by atoms with Gasteiger partial charge in [0.05, 0.1) is 14.7 Å². The Kier molecular flexibility index (Phi) is 12.8. The molecule has 0 N–H and O–H groups in total. The van der Waals surface area contributed by atoms with Crippen molar-refractivity contribution in [1.29, 1.82) is 0 Å². The van der Waals surface area contributed by atoms with Crippen LogP contribution < -0.4 is 0 Å². The van der Waals surface area contributed by atoms with E-state index < -0.39 is 30.4 Å². The molecule has 0 unspecified atom stereocenters. The maximum atomic E-state index is 10.3. The van der Waals surface area contributed by atoms with E-state index >= 15 is 0 Å². The van der Waals surface area contributed by atoms with Gasteiger partial charge in [-0.05, 0) is 36.4 Å². The zero-order valence-corrected chi connectivity index (χ0v) is 21.2. The van der Waals surface area contributed by atoms with Gasteiger partial charge in [0.25, 0.3) is 0 Å². The second kappa shape index (κ2) is 13.3. The first kappa shape index (κ1) is 29.7. The molecule has 0 aliphatic carbocycles. The summed E-state index contributed by atoms with van der Waals surface area (Å²) in [7, 11) is -12.8. The van der Waals surface area contributed by atoms with Crippen molar-refractivity contribution in [2.75, 3.05) is 0 Å². The summed E-state index contributed by atoms with van der Waals surface area (Å²) in [6.07, 6.45) is 0. The Morgan fingerprint density at radius 2 is 0.548 bits per heavy atom. The van der Waals surface area contributed by atoms with E-state index in [-0.39, 0.29) is 55.5 Å². The van der Waals surface area contributed by atoms with Gasteiger partial charge in [-0.25, -0.2) is 25.3 Å². The molecule has 1 radical (unpaired) electrons. The molecule has 0 bridgehead atoms. The Morgan fingerprint density at radius 1 is 0.387 bits per heavy atom. The fourth-order valence-corrected chi connectivity index (χ4v) is 3.23. The average Bonchev–Trinajstić information content (AvgIpc) is 2.69. The van der Waals surface area contributed by atoms with Crippen molar-refractivity contribution >= 4 is 30.4 Å². The van der Waals surface area contributed by atoms with Gasteiger partial charge < -0.3 is 13.7 Å². The normalized spacial score (nSPS) is 10.9. The first-order valence-electron chi connectivity index (χ1n) is 7.84. The summed E-state index contributed by atoms with van der Waals surface area (Å²) < 4.78 is 92.5. The number of benzene rings is 3. The van der Waals surface area contributed by atoms with Crippen LogP contribution in [0.5, 0.6) is 0 Å². The van der Waals surface area contributed by atoms with Crippen LogP contribution in [0.2, 0.25) is 0 Å². The Hall–Kier alpha value is -1.26. The predicted molar refractivity (Wildman–Crippen MR) is 103 cm³/mol. The summed E-state index contributed by atoms with van der Waals surface area (Å²) in [6.45, 7) is 0. The first-order chi connectivity index (χ1) is 13.8. The zero-order valence-electron chi connectivity index (χ0n) is 15.6. The van der Waals surface area contributed by atoms with Gasteiger partial charge in [0.2, 0.25) is 0 Å². The van der Waals surface area contributed by atoms with Crippen molar-refractivity contribution in [2.45, 2.75) is 14.7 Å². The standard InChI is InChI=1S/3C6H6O3S.Nd/c3*7-10(8,9)6-4-2-1-3-5-6;/h3*1-5H,(H,7,8,9);/q;;;+3/p-3. The van der Waals surface area contributed by atoms with Crippen molar-refractivity contribution in [3.63, 3.8) is 0 Å². The molecule has 9 nitrogen and oxygen atoms in total. The molecule has 0 spiro atoms.